The van der Waals surface area contributed by atoms with Crippen LogP contribution in [0.3, 0.4) is 0 Å². The van der Waals surface area contributed by atoms with Crippen LogP contribution in [0.4, 0.5) is 5.82 Å². The second kappa shape index (κ2) is 6.93. The van der Waals surface area contributed by atoms with E-state index in [0.29, 0.717) is 21.2 Å². The van der Waals surface area contributed by atoms with Gasteiger partial charge in [0, 0.05) is 5.56 Å². The number of rotatable bonds is 2. The molecule has 26 heavy (non-hydrogen) atoms. The number of benzene rings is 2. The number of nitrogen functional groups attached to an aromatic ring is 1. The molecule has 1 aromatic heterocycles. The summed E-state index contributed by atoms with van der Waals surface area (Å²) in [7, 11) is 0. The molecule has 5 nitrogen and oxygen atoms in total. The highest BCUT2D eigenvalue weighted by atomic mass is 35.5. The number of aromatic nitrogens is 1. The fourth-order valence-corrected chi connectivity index (χ4v) is 3.03. The van der Waals surface area contributed by atoms with Crippen LogP contribution in [0.25, 0.3) is 22.3 Å². The van der Waals surface area contributed by atoms with E-state index in [-0.39, 0.29) is 22.5 Å². The minimum atomic E-state index is -0.650. The molecular formula is C19H10Cl2N4O. The van der Waals surface area contributed by atoms with Crippen LogP contribution in [-0.4, -0.2) is 4.98 Å². The Morgan fingerprint density at radius 3 is 2.19 bits per heavy atom. The molecule has 0 fully saturated rings. The Bertz CT molecular complexity index is 1170. The molecule has 1 heterocycles. The fraction of sp³-hybridized carbons (Fsp3) is 0. The predicted octanol–water partition coefficient (Wildman–Crippen LogP) is 4.34. The summed E-state index contributed by atoms with van der Waals surface area (Å²) in [6.45, 7) is 0. The lowest BCUT2D eigenvalue weighted by atomic mass is 9.90. The maximum Gasteiger partial charge on any atom is 0.268 e. The Labute approximate surface area is 158 Å². The number of anilines is 1. The highest BCUT2D eigenvalue weighted by Gasteiger charge is 2.20. The quantitative estimate of drug-likeness (QED) is 0.689. The zero-order chi connectivity index (χ0) is 18.8. The number of nitrogens with two attached hydrogens (primary N) is 1. The summed E-state index contributed by atoms with van der Waals surface area (Å²) in [4.78, 5) is 14.5. The number of nitrogens with one attached hydrogen (secondary N) is 1. The molecule has 0 spiro atoms. The van der Waals surface area contributed by atoms with Gasteiger partial charge in [-0.15, -0.1) is 0 Å². The van der Waals surface area contributed by atoms with Crippen molar-refractivity contribution in [2.75, 3.05) is 5.73 Å². The van der Waals surface area contributed by atoms with E-state index in [4.69, 9.17) is 28.9 Å². The van der Waals surface area contributed by atoms with Gasteiger partial charge in [-0.2, -0.15) is 10.5 Å². The van der Waals surface area contributed by atoms with Gasteiger partial charge in [0.05, 0.1) is 10.0 Å². The molecule has 0 bridgehead atoms. The largest absolute Gasteiger partial charge is 0.384 e. The van der Waals surface area contributed by atoms with Gasteiger partial charge in [0.2, 0.25) is 0 Å². The van der Waals surface area contributed by atoms with Gasteiger partial charge in [-0.3, -0.25) is 4.79 Å². The molecule has 0 aliphatic heterocycles. The summed E-state index contributed by atoms with van der Waals surface area (Å²) in [6, 6.07) is 16.0. The Hall–Kier alpha value is -3.25. The highest BCUT2D eigenvalue weighted by molar-refractivity contribution is 6.42. The first kappa shape index (κ1) is 17.6. The third-order valence-electron chi connectivity index (χ3n) is 3.90. The van der Waals surface area contributed by atoms with Crippen molar-refractivity contribution in [3.8, 4) is 34.4 Å². The van der Waals surface area contributed by atoms with Crippen molar-refractivity contribution in [1.29, 1.82) is 10.5 Å². The Balaban J connectivity index is 2.41. The average molecular weight is 381 g/mol. The van der Waals surface area contributed by atoms with Gasteiger partial charge in [-0.25, -0.2) is 0 Å². The van der Waals surface area contributed by atoms with Crippen LogP contribution in [0, 0.1) is 22.7 Å². The maximum absolute atomic E-state index is 12.2. The minimum Gasteiger partial charge on any atom is -0.384 e. The molecule has 3 rings (SSSR count). The van der Waals surface area contributed by atoms with Crippen LogP contribution >= 0.6 is 23.2 Å². The Morgan fingerprint density at radius 1 is 0.923 bits per heavy atom. The minimum absolute atomic E-state index is 0.0358. The van der Waals surface area contributed by atoms with Crippen LogP contribution in [-0.2, 0) is 0 Å². The summed E-state index contributed by atoms with van der Waals surface area (Å²) in [6.07, 6.45) is 0. The van der Waals surface area contributed by atoms with Crippen LogP contribution < -0.4 is 11.3 Å². The van der Waals surface area contributed by atoms with Crippen molar-refractivity contribution in [1.82, 2.24) is 4.98 Å². The van der Waals surface area contributed by atoms with Crippen LogP contribution in [0.5, 0.6) is 0 Å². The molecule has 0 aliphatic rings. The molecule has 0 aliphatic carbocycles. The van der Waals surface area contributed by atoms with Crippen molar-refractivity contribution >= 4 is 29.0 Å². The third-order valence-corrected chi connectivity index (χ3v) is 4.63. The van der Waals surface area contributed by atoms with E-state index < -0.39 is 5.56 Å². The second-order valence-corrected chi connectivity index (χ2v) is 6.21. The standard InChI is InChI=1S/C19H10Cl2N4O/c20-15-6-5-10(7-16(15)21)11-3-1-2-4-12(11)17-13(8-22)18(24)25-19(26)14(17)9-23/h1-7H,(H3,24,25,26). The normalized spacial score (nSPS) is 10.2. The molecule has 0 amide bonds. The lowest BCUT2D eigenvalue weighted by Crippen LogP contribution is -2.16. The number of pyridine rings is 1. The van der Waals surface area contributed by atoms with Crippen LogP contribution in [0.2, 0.25) is 10.0 Å². The number of halogens is 2. The van der Waals surface area contributed by atoms with Crippen molar-refractivity contribution < 1.29 is 0 Å². The molecule has 0 saturated heterocycles. The lowest BCUT2D eigenvalue weighted by Gasteiger charge is -2.14. The number of nitriles is 2. The topological polar surface area (TPSA) is 106 Å². The van der Waals surface area contributed by atoms with Crippen molar-refractivity contribution in [3.63, 3.8) is 0 Å². The van der Waals surface area contributed by atoms with Gasteiger partial charge < -0.3 is 10.7 Å². The van der Waals surface area contributed by atoms with Gasteiger partial charge >= 0.3 is 0 Å². The highest BCUT2D eigenvalue weighted by Crippen LogP contribution is 2.37. The second-order valence-electron chi connectivity index (χ2n) is 5.39. The van der Waals surface area contributed by atoms with E-state index in [9.17, 15) is 15.3 Å². The van der Waals surface area contributed by atoms with Gasteiger partial charge in [-0.1, -0.05) is 53.5 Å². The molecular weight excluding hydrogens is 371 g/mol. The molecule has 2 aromatic carbocycles. The van der Waals surface area contributed by atoms with Crippen LogP contribution in [0.15, 0.2) is 47.3 Å². The average Bonchev–Trinajstić information content (AvgIpc) is 2.63. The molecule has 0 radical (unpaired) electrons. The monoisotopic (exact) mass is 380 g/mol. The van der Waals surface area contributed by atoms with E-state index in [1.807, 2.05) is 12.1 Å². The number of hydrogen-bond acceptors (Lipinski definition) is 4. The number of hydrogen-bond donors (Lipinski definition) is 2. The zero-order valence-electron chi connectivity index (χ0n) is 13.2. The summed E-state index contributed by atoms with van der Waals surface area (Å²) in [5.74, 6) is -0.0876. The zero-order valence-corrected chi connectivity index (χ0v) is 14.7. The van der Waals surface area contributed by atoms with Gasteiger partial charge in [0.25, 0.3) is 5.56 Å². The SMILES string of the molecule is N#Cc1c(N)[nH]c(=O)c(C#N)c1-c1ccccc1-c1ccc(Cl)c(Cl)c1. The third kappa shape index (κ3) is 2.91. The van der Waals surface area contributed by atoms with Crippen molar-refractivity contribution in [2.24, 2.45) is 0 Å². The first-order chi connectivity index (χ1) is 12.5. The molecule has 0 saturated carbocycles. The summed E-state index contributed by atoms with van der Waals surface area (Å²) < 4.78 is 0. The fourth-order valence-electron chi connectivity index (χ4n) is 2.73. The van der Waals surface area contributed by atoms with Crippen molar-refractivity contribution in [3.05, 3.63) is 74.0 Å². The molecule has 126 valence electrons. The predicted molar refractivity (Wildman–Crippen MR) is 102 cm³/mol. The summed E-state index contributed by atoms with van der Waals surface area (Å²) in [5.41, 5.74) is 7.13. The van der Waals surface area contributed by atoms with Gasteiger partial charge in [0.1, 0.15) is 29.1 Å². The molecule has 0 atom stereocenters. The van der Waals surface area contributed by atoms with E-state index in [1.165, 1.54) is 0 Å². The lowest BCUT2D eigenvalue weighted by molar-refractivity contribution is 1.21. The molecule has 0 unspecified atom stereocenters. The first-order valence-corrected chi connectivity index (χ1v) is 8.14. The number of H-pyrrole nitrogens is 1. The van der Waals surface area contributed by atoms with E-state index >= 15 is 0 Å². The first-order valence-electron chi connectivity index (χ1n) is 7.38. The van der Waals surface area contributed by atoms with E-state index in [1.54, 1.807) is 42.5 Å². The molecule has 3 aromatic rings. The Kier molecular flexibility index (Phi) is 4.69. The van der Waals surface area contributed by atoms with Gasteiger partial charge in [0.15, 0.2) is 0 Å². The van der Waals surface area contributed by atoms with Crippen LogP contribution in [0.1, 0.15) is 11.1 Å². The number of aromatic amines is 1. The van der Waals surface area contributed by atoms with E-state index in [2.05, 4.69) is 4.98 Å². The van der Waals surface area contributed by atoms with Gasteiger partial charge in [-0.05, 0) is 28.8 Å². The number of nitrogens with zero attached hydrogens (tertiary/aromatic N) is 2. The van der Waals surface area contributed by atoms with Crippen molar-refractivity contribution in [2.45, 2.75) is 0 Å². The Morgan fingerprint density at radius 2 is 1.58 bits per heavy atom. The molecule has 7 heteroatoms. The molecule has 3 N–H and O–H groups in total. The summed E-state index contributed by atoms with van der Waals surface area (Å²) in [5, 5.41) is 19.7. The summed E-state index contributed by atoms with van der Waals surface area (Å²) >= 11 is 12.1. The van der Waals surface area contributed by atoms with E-state index in [0.717, 1.165) is 5.56 Å². The maximum atomic E-state index is 12.2. The smallest absolute Gasteiger partial charge is 0.268 e.